The van der Waals surface area contributed by atoms with Crippen molar-refractivity contribution in [2.45, 2.75) is 32.2 Å². The molecule has 1 saturated heterocycles. The van der Waals surface area contributed by atoms with Gasteiger partial charge in [0.25, 0.3) is 0 Å². The number of nitrogens with one attached hydrogen (secondary N) is 2. The van der Waals surface area contributed by atoms with Crippen LogP contribution in [0.15, 0.2) is 36.5 Å². The number of amides is 2. The van der Waals surface area contributed by atoms with Crippen molar-refractivity contribution in [3.63, 3.8) is 0 Å². The molecule has 0 radical (unpaired) electrons. The van der Waals surface area contributed by atoms with E-state index in [2.05, 4.69) is 32.5 Å². The Kier molecular flexibility index (Phi) is 7.21. The zero-order valence-corrected chi connectivity index (χ0v) is 18.6. The van der Waals surface area contributed by atoms with E-state index in [-0.39, 0.29) is 11.8 Å². The largest absolute Gasteiger partial charge is 0.494 e. The summed E-state index contributed by atoms with van der Waals surface area (Å²) in [4.78, 5) is 32.9. The van der Waals surface area contributed by atoms with E-state index in [9.17, 15) is 9.59 Å². The van der Waals surface area contributed by atoms with Gasteiger partial charge in [0.1, 0.15) is 11.6 Å². The Morgan fingerprint density at radius 1 is 1.19 bits per heavy atom. The van der Waals surface area contributed by atoms with Crippen LogP contribution in [-0.4, -0.2) is 61.5 Å². The molecule has 2 N–H and O–H groups in total. The average Bonchev–Trinajstić information content (AvgIpc) is 2.81. The highest BCUT2D eigenvalue weighted by atomic mass is 16.5. The molecule has 1 aromatic carbocycles. The number of anilines is 2. The Hall–Kier alpha value is -3.13. The fourth-order valence-electron chi connectivity index (χ4n) is 4.03. The summed E-state index contributed by atoms with van der Waals surface area (Å²) in [5.74, 6) is 1.80. The molecule has 2 aliphatic rings. The molecule has 8 nitrogen and oxygen atoms in total. The third-order valence-corrected chi connectivity index (χ3v) is 5.94. The molecule has 2 amide bonds. The lowest BCUT2D eigenvalue weighted by molar-refractivity contribution is -0.121. The first kappa shape index (κ1) is 22.1. The van der Waals surface area contributed by atoms with E-state index in [1.165, 1.54) is 0 Å². The molecule has 0 aliphatic carbocycles. The molecule has 32 heavy (non-hydrogen) atoms. The van der Waals surface area contributed by atoms with Gasteiger partial charge in [-0.2, -0.15) is 0 Å². The van der Waals surface area contributed by atoms with Crippen molar-refractivity contribution in [3.05, 3.63) is 47.7 Å². The van der Waals surface area contributed by atoms with Crippen LogP contribution in [0, 0.1) is 0 Å². The van der Waals surface area contributed by atoms with Crippen molar-refractivity contribution in [2.24, 2.45) is 0 Å². The number of piperazine rings is 1. The maximum atomic E-state index is 12.3. The number of carbonyl (C=O) groups excluding carboxylic acids is 2. The van der Waals surface area contributed by atoms with Gasteiger partial charge in [0.15, 0.2) is 0 Å². The van der Waals surface area contributed by atoms with E-state index in [1.807, 2.05) is 36.5 Å². The second-order valence-electron chi connectivity index (χ2n) is 8.37. The molecular formula is C24H31N5O3. The number of nitrogens with zero attached hydrogens (tertiary/aromatic N) is 3. The lowest BCUT2D eigenvalue weighted by Crippen LogP contribution is -2.45. The fourth-order valence-corrected chi connectivity index (χ4v) is 4.03. The third-order valence-electron chi connectivity index (χ3n) is 5.94. The first-order chi connectivity index (χ1) is 15.6. The normalized spacial score (nSPS) is 16.3. The molecule has 1 fully saturated rings. The summed E-state index contributed by atoms with van der Waals surface area (Å²) in [6, 6.07) is 9.64. The summed E-state index contributed by atoms with van der Waals surface area (Å²) in [6.07, 6.45) is 4.09. The van der Waals surface area contributed by atoms with E-state index in [4.69, 9.17) is 4.74 Å². The zero-order chi connectivity index (χ0) is 22.3. The van der Waals surface area contributed by atoms with Crippen molar-refractivity contribution in [3.8, 4) is 5.75 Å². The predicted octanol–water partition coefficient (Wildman–Crippen LogP) is 2.19. The van der Waals surface area contributed by atoms with Gasteiger partial charge in [-0.25, -0.2) is 4.98 Å². The van der Waals surface area contributed by atoms with Gasteiger partial charge in [-0.15, -0.1) is 0 Å². The van der Waals surface area contributed by atoms with Gasteiger partial charge in [-0.3, -0.25) is 9.59 Å². The highest BCUT2D eigenvalue weighted by molar-refractivity contribution is 5.94. The molecule has 2 aromatic rings. The minimum Gasteiger partial charge on any atom is -0.494 e. The molecule has 8 heteroatoms. The van der Waals surface area contributed by atoms with Crippen LogP contribution >= 0.6 is 0 Å². The maximum absolute atomic E-state index is 12.3. The summed E-state index contributed by atoms with van der Waals surface area (Å²) in [6.45, 7) is 4.87. The second-order valence-corrected chi connectivity index (χ2v) is 8.37. The number of ether oxygens (including phenoxy) is 1. The van der Waals surface area contributed by atoms with Crippen molar-refractivity contribution >= 4 is 23.3 Å². The first-order valence-electron chi connectivity index (χ1n) is 11.3. The summed E-state index contributed by atoms with van der Waals surface area (Å²) < 4.78 is 5.81. The minimum absolute atomic E-state index is 0.00920. The van der Waals surface area contributed by atoms with Crippen LogP contribution in [0.5, 0.6) is 5.75 Å². The fraction of sp³-hybridized carbons (Fsp3) is 0.458. The Morgan fingerprint density at radius 3 is 2.88 bits per heavy atom. The molecule has 2 aliphatic heterocycles. The van der Waals surface area contributed by atoms with E-state index in [0.717, 1.165) is 61.0 Å². The van der Waals surface area contributed by atoms with Crippen molar-refractivity contribution in [1.29, 1.82) is 0 Å². The molecule has 170 valence electrons. The second kappa shape index (κ2) is 10.5. The smallest absolute Gasteiger partial charge is 0.224 e. The number of hydrogen-bond acceptors (Lipinski definition) is 6. The Morgan fingerprint density at radius 2 is 2.03 bits per heavy atom. The molecule has 3 heterocycles. The van der Waals surface area contributed by atoms with Crippen molar-refractivity contribution in [1.82, 2.24) is 15.2 Å². The number of rotatable bonds is 8. The van der Waals surface area contributed by atoms with Gasteiger partial charge in [-0.1, -0.05) is 6.07 Å². The quantitative estimate of drug-likeness (QED) is 0.616. The Labute approximate surface area is 188 Å². The molecule has 0 bridgehead atoms. The van der Waals surface area contributed by atoms with Crippen LogP contribution in [-0.2, 0) is 22.6 Å². The highest BCUT2D eigenvalue weighted by Gasteiger charge is 2.18. The monoisotopic (exact) mass is 437 g/mol. The summed E-state index contributed by atoms with van der Waals surface area (Å²) in [5.41, 5.74) is 2.99. The minimum atomic E-state index is 0.00920. The molecule has 0 unspecified atom stereocenters. The number of pyridine rings is 1. The van der Waals surface area contributed by atoms with E-state index in [0.29, 0.717) is 32.4 Å². The van der Waals surface area contributed by atoms with Gasteiger partial charge in [-0.05, 0) is 49.7 Å². The SMILES string of the molecule is CN1CCN(c2ncccc2CNC(=O)CCCOc2ccc3c(c2)CCC(=O)N3)CC1. The van der Waals surface area contributed by atoms with Crippen molar-refractivity contribution in [2.75, 3.05) is 50.1 Å². The number of carbonyl (C=O) groups is 2. The van der Waals surface area contributed by atoms with Crippen LogP contribution in [0.4, 0.5) is 11.5 Å². The number of likely N-dealkylation sites (N-methyl/N-ethyl adjacent to an activating group) is 1. The summed E-state index contributed by atoms with van der Waals surface area (Å²) in [5, 5.41) is 5.89. The van der Waals surface area contributed by atoms with E-state index in [1.54, 1.807) is 0 Å². The Bertz CT molecular complexity index is 956. The van der Waals surface area contributed by atoms with E-state index < -0.39 is 0 Å². The predicted molar refractivity (Wildman–Crippen MR) is 124 cm³/mol. The number of fused-ring (bicyclic) bond motifs is 1. The van der Waals surface area contributed by atoms with Crippen LogP contribution < -0.4 is 20.3 Å². The molecule has 0 saturated carbocycles. The average molecular weight is 438 g/mol. The lowest BCUT2D eigenvalue weighted by atomic mass is 10.0. The number of aryl methyl sites for hydroxylation is 1. The summed E-state index contributed by atoms with van der Waals surface area (Å²) >= 11 is 0. The van der Waals surface area contributed by atoms with Crippen LogP contribution in [0.25, 0.3) is 0 Å². The van der Waals surface area contributed by atoms with Gasteiger partial charge in [0.05, 0.1) is 6.61 Å². The molecule has 4 rings (SSSR count). The Balaban J connectivity index is 1.20. The lowest BCUT2D eigenvalue weighted by Gasteiger charge is -2.34. The van der Waals surface area contributed by atoms with Crippen molar-refractivity contribution < 1.29 is 14.3 Å². The molecule has 0 spiro atoms. The number of hydrogen-bond donors (Lipinski definition) is 2. The standard InChI is InChI=1S/C24H31N5O3/c1-28-11-13-29(14-12-28)24-19(4-2-10-25-24)17-26-22(30)5-3-15-32-20-7-8-21-18(16-20)6-9-23(31)27-21/h2,4,7-8,10,16H,3,5-6,9,11-15,17H2,1H3,(H,26,30)(H,27,31). The van der Waals surface area contributed by atoms with Crippen LogP contribution in [0.1, 0.15) is 30.4 Å². The molecule has 0 atom stereocenters. The maximum Gasteiger partial charge on any atom is 0.224 e. The van der Waals surface area contributed by atoms with Gasteiger partial charge in [0, 0.05) is 63.0 Å². The van der Waals surface area contributed by atoms with E-state index >= 15 is 0 Å². The topological polar surface area (TPSA) is 86.8 Å². The first-order valence-corrected chi connectivity index (χ1v) is 11.3. The summed E-state index contributed by atoms with van der Waals surface area (Å²) in [7, 11) is 2.13. The highest BCUT2D eigenvalue weighted by Crippen LogP contribution is 2.27. The van der Waals surface area contributed by atoms with Gasteiger partial charge >= 0.3 is 0 Å². The van der Waals surface area contributed by atoms with Gasteiger partial charge < -0.3 is 25.2 Å². The van der Waals surface area contributed by atoms with Gasteiger partial charge in [0.2, 0.25) is 11.8 Å². The van der Waals surface area contributed by atoms with Crippen LogP contribution in [0.2, 0.25) is 0 Å². The van der Waals surface area contributed by atoms with Crippen LogP contribution in [0.3, 0.4) is 0 Å². The molecular weight excluding hydrogens is 406 g/mol. The molecule has 1 aromatic heterocycles. The third kappa shape index (κ3) is 5.76. The number of benzene rings is 1. The number of aromatic nitrogens is 1. The zero-order valence-electron chi connectivity index (χ0n) is 18.6.